The van der Waals surface area contributed by atoms with E-state index in [4.69, 9.17) is 0 Å². The molecule has 0 aliphatic heterocycles. The van der Waals surface area contributed by atoms with Gasteiger partial charge in [0.2, 0.25) is 5.91 Å². The molecular formula is C45H91NO5. The Labute approximate surface area is 318 Å². The molecule has 0 radical (unpaired) electrons. The van der Waals surface area contributed by atoms with Crippen LogP contribution in [-0.4, -0.2) is 57.3 Å². The first kappa shape index (κ1) is 50.3. The summed E-state index contributed by atoms with van der Waals surface area (Å²) < 4.78 is 0. The summed E-state index contributed by atoms with van der Waals surface area (Å²) in [5.74, 6) is -0.588. The smallest absolute Gasteiger partial charge is 0.249 e. The Morgan fingerprint density at radius 3 is 0.961 bits per heavy atom. The highest BCUT2D eigenvalue weighted by Gasteiger charge is 2.28. The number of carbonyl (C=O) groups excluding carboxylic acids is 1. The van der Waals surface area contributed by atoms with Gasteiger partial charge in [-0.15, -0.1) is 0 Å². The zero-order valence-electron chi connectivity index (χ0n) is 34.4. The van der Waals surface area contributed by atoms with Crippen molar-refractivity contribution in [3.05, 3.63) is 0 Å². The summed E-state index contributed by atoms with van der Waals surface area (Å²) in [5, 5.41) is 42.8. The normalized spacial score (nSPS) is 14.1. The molecular weight excluding hydrogens is 634 g/mol. The van der Waals surface area contributed by atoms with Gasteiger partial charge in [-0.25, -0.2) is 0 Å². The van der Waals surface area contributed by atoms with Gasteiger partial charge in [-0.2, -0.15) is 0 Å². The van der Waals surface area contributed by atoms with Crippen molar-refractivity contribution in [2.75, 3.05) is 6.61 Å². The molecule has 0 saturated heterocycles. The minimum atomic E-state index is -1.25. The molecule has 6 nitrogen and oxygen atoms in total. The topological polar surface area (TPSA) is 110 Å². The average molecular weight is 726 g/mol. The average Bonchev–Trinajstić information content (AvgIpc) is 3.13. The standard InChI is InChI=1S/C45H91NO5/c1-3-5-7-8-9-10-11-12-13-14-15-16-17-18-19-20-21-22-23-24-25-26-27-28-29-30-31-32-33-34-35-37-39-43(49)45(51)46-41(40-47)44(50)42(48)38-36-6-4-2/h41-44,47-50H,3-40H2,1-2H3,(H,46,51). The molecule has 0 saturated carbocycles. The van der Waals surface area contributed by atoms with Crippen LogP contribution in [0.4, 0.5) is 0 Å². The van der Waals surface area contributed by atoms with Crippen LogP contribution in [0, 0.1) is 0 Å². The van der Waals surface area contributed by atoms with Crippen LogP contribution in [-0.2, 0) is 4.79 Å². The van der Waals surface area contributed by atoms with Crippen molar-refractivity contribution in [3.8, 4) is 0 Å². The van der Waals surface area contributed by atoms with Gasteiger partial charge in [-0.05, 0) is 12.8 Å². The molecule has 1 amide bonds. The number of aliphatic hydroxyl groups is 4. The summed E-state index contributed by atoms with van der Waals surface area (Å²) in [6.07, 6.45) is 44.1. The fourth-order valence-corrected chi connectivity index (χ4v) is 7.41. The van der Waals surface area contributed by atoms with Crippen molar-refractivity contribution in [1.82, 2.24) is 5.32 Å². The van der Waals surface area contributed by atoms with Gasteiger partial charge >= 0.3 is 0 Å². The molecule has 0 bridgehead atoms. The third kappa shape index (κ3) is 34.8. The van der Waals surface area contributed by atoms with Crippen molar-refractivity contribution in [2.45, 2.75) is 276 Å². The van der Waals surface area contributed by atoms with E-state index in [0.29, 0.717) is 12.8 Å². The first-order valence-corrected chi connectivity index (χ1v) is 22.9. The lowest BCUT2D eigenvalue weighted by molar-refractivity contribution is -0.132. The van der Waals surface area contributed by atoms with Crippen LogP contribution in [0.25, 0.3) is 0 Å². The van der Waals surface area contributed by atoms with Crippen LogP contribution >= 0.6 is 0 Å². The van der Waals surface area contributed by atoms with Gasteiger partial charge in [0.25, 0.3) is 0 Å². The molecule has 0 aromatic carbocycles. The maximum Gasteiger partial charge on any atom is 0.249 e. The second kappa shape index (κ2) is 40.5. The predicted octanol–water partition coefficient (Wildman–Crippen LogP) is 12.0. The molecule has 0 aliphatic carbocycles. The second-order valence-electron chi connectivity index (χ2n) is 16.1. The Hall–Kier alpha value is -0.690. The summed E-state index contributed by atoms with van der Waals surface area (Å²) >= 11 is 0. The number of carbonyl (C=O) groups is 1. The van der Waals surface area contributed by atoms with E-state index in [1.807, 2.05) is 0 Å². The molecule has 0 spiro atoms. The molecule has 5 N–H and O–H groups in total. The maximum atomic E-state index is 12.3. The van der Waals surface area contributed by atoms with E-state index in [1.54, 1.807) is 0 Å². The Morgan fingerprint density at radius 1 is 0.412 bits per heavy atom. The zero-order chi connectivity index (χ0) is 37.5. The monoisotopic (exact) mass is 726 g/mol. The van der Waals surface area contributed by atoms with Crippen LogP contribution in [0.15, 0.2) is 0 Å². The summed E-state index contributed by atoms with van der Waals surface area (Å²) in [6, 6.07) is -0.975. The first-order valence-electron chi connectivity index (χ1n) is 22.9. The highest BCUT2D eigenvalue weighted by atomic mass is 16.3. The first-order chi connectivity index (χ1) is 25.0. The van der Waals surface area contributed by atoms with Crippen molar-refractivity contribution in [2.24, 2.45) is 0 Å². The van der Waals surface area contributed by atoms with Gasteiger partial charge in [-0.3, -0.25) is 4.79 Å². The molecule has 0 rings (SSSR count). The minimum absolute atomic E-state index is 0.374. The SMILES string of the molecule is CCCCCCCCCCCCCCCCCCCCCCCCCCCCCCCCCCC(O)C(=O)NC(CO)C(O)C(O)CCCCC. The fourth-order valence-electron chi connectivity index (χ4n) is 7.41. The van der Waals surface area contributed by atoms with Crippen LogP contribution in [0.3, 0.4) is 0 Å². The molecule has 0 fully saturated rings. The Kier molecular flexibility index (Phi) is 39.9. The third-order valence-corrected chi connectivity index (χ3v) is 11.1. The Balaban J connectivity index is 3.37. The molecule has 0 aliphatic rings. The summed E-state index contributed by atoms with van der Waals surface area (Å²) in [7, 11) is 0. The summed E-state index contributed by atoms with van der Waals surface area (Å²) in [5.41, 5.74) is 0. The van der Waals surface area contributed by atoms with E-state index in [2.05, 4.69) is 19.2 Å². The van der Waals surface area contributed by atoms with Crippen molar-refractivity contribution < 1.29 is 25.2 Å². The minimum Gasteiger partial charge on any atom is -0.394 e. The molecule has 4 atom stereocenters. The fraction of sp³-hybridized carbons (Fsp3) is 0.978. The number of rotatable bonds is 42. The van der Waals surface area contributed by atoms with Gasteiger partial charge in [0, 0.05) is 0 Å². The predicted molar refractivity (Wildman–Crippen MR) is 219 cm³/mol. The van der Waals surface area contributed by atoms with E-state index in [1.165, 1.54) is 186 Å². The highest BCUT2D eigenvalue weighted by Crippen LogP contribution is 2.17. The van der Waals surface area contributed by atoms with E-state index >= 15 is 0 Å². The van der Waals surface area contributed by atoms with Gasteiger partial charge in [0.15, 0.2) is 0 Å². The van der Waals surface area contributed by atoms with E-state index in [-0.39, 0.29) is 0 Å². The van der Waals surface area contributed by atoms with E-state index in [9.17, 15) is 25.2 Å². The number of hydrogen-bond donors (Lipinski definition) is 5. The molecule has 306 valence electrons. The molecule has 51 heavy (non-hydrogen) atoms. The quantitative estimate of drug-likeness (QED) is 0.0402. The van der Waals surface area contributed by atoms with Crippen LogP contribution < -0.4 is 5.32 Å². The van der Waals surface area contributed by atoms with E-state index in [0.717, 1.165) is 38.5 Å². The lowest BCUT2D eigenvalue weighted by Crippen LogP contribution is -2.53. The number of aliphatic hydroxyl groups excluding tert-OH is 4. The largest absolute Gasteiger partial charge is 0.394 e. The molecule has 0 aromatic rings. The van der Waals surface area contributed by atoms with Crippen LogP contribution in [0.1, 0.15) is 251 Å². The summed E-state index contributed by atoms with van der Waals surface area (Å²) in [4.78, 5) is 12.3. The van der Waals surface area contributed by atoms with Gasteiger partial charge in [-0.1, -0.05) is 239 Å². The second-order valence-corrected chi connectivity index (χ2v) is 16.1. The summed E-state index contributed by atoms with van der Waals surface area (Å²) in [6.45, 7) is 3.88. The van der Waals surface area contributed by atoms with Crippen LogP contribution in [0.5, 0.6) is 0 Å². The number of hydrogen-bond acceptors (Lipinski definition) is 5. The lowest BCUT2D eigenvalue weighted by Gasteiger charge is -2.27. The molecule has 0 heterocycles. The van der Waals surface area contributed by atoms with Crippen molar-refractivity contribution in [3.63, 3.8) is 0 Å². The van der Waals surface area contributed by atoms with E-state index < -0.39 is 36.9 Å². The number of amides is 1. The highest BCUT2D eigenvalue weighted by molar-refractivity contribution is 5.80. The number of nitrogens with one attached hydrogen (secondary N) is 1. The Morgan fingerprint density at radius 2 is 0.667 bits per heavy atom. The number of unbranched alkanes of at least 4 members (excludes halogenated alkanes) is 33. The van der Waals surface area contributed by atoms with Gasteiger partial charge < -0.3 is 25.7 Å². The molecule has 4 unspecified atom stereocenters. The van der Waals surface area contributed by atoms with Gasteiger partial charge in [0.1, 0.15) is 12.2 Å². The van der Waals surface area contributed by atoms with Gasteiger partial charge in [0.05, 0.1) is 18.8 Å². The molecule has 6 heteroatoms. The van der Waals surface area contributed by atoms with Crippen LogP contribution in [0.2, 0.25) is 0 Å². The lowest BCUT2D eigenvalue weighted by atomic mass is 10.00. The maximum absolute atomic E-state index is 12.3. The van der Waals surface area contributed by atoms with Crippen molar-refractivity contribution in [1.29, 1.82) is 0 Å². The third-order valence-electron chi connectivity index (χ3n) is 11.1. The molecule has 0 aromatic heterocycles. The van der Waals surface area contributed by atoms with Crippen molar-refractivity contribution >= 4 is 5.91 Å². The Bertz CT molecular complexity index is 692. The zero-order valence-corrected chi connectivity index (χ0v) is 34.4.